The van der Waals surface area contributed by atoms with Gasteiger partial charge in [0.1, 0.15) is 11.3 Å². The summed E-state index contributed by atoms with van der Waals surface area (Å²) in [5.74, 6) is 0.837. The van der Waals surface area contributed by atoms with Gasteiger partial charge in [-0.3, -0.25) is 4.79 Å². The molecule has 114 valence electrons. The second-order valence-corrected chi connectivity index (χ2v) is 5.17. The molecule has 6 heteroatoms. The molecule has 0 spiro atoms. The average Bonchev–Trinajstić information content (AvgIpc) is 2.79. The Balaban J connectivity index is 2.26. The molecule has 5 nitrogen and oxygen atoms in total. The number of aromatic nitrogens is 2. The van der Waals surface area contributed by atoms with E-state index < -0.39 is 0 Å². The normalized spacial score (nSPS) is 10.8. The van der Waals surface area contributed by atoms with Crippen LogP contribution in [-0.4, -0.2) is 28.6 Å². The topological polar surface area (TPSA) is 59.0 Å². The highest BCUT2D eigenvalue weighted by atomic mass is 32.1. The molecule has 0 aliphatic carbocycles. The number of amides is 1. The van der Waals surface area contributed by atoms with E-state index in [0.717, 1.165) is 23.2 Å². The maximum Gasteiger partial charge on any atom is 0.221 e. The van der Waals surface area contributed by atoms with Crippen LogP contribution in [-0.2, 0) is 11.3 Å². The fraction of sp³-hybridized carbons (Fsp3) is 0.467. The third kappa shape index (κ3) is 3.64. The molecule has 0 saturated heterocycles. The van der Waals surface area contributed by atoms with Crippen LogP contribution in [0.25, 0.3) is 11.0 Å². The summed E-state index contributed by atoms with van der Waals surface area (Å²) in [5, 5.41) is 2.79. The number of benzene rings is 1. The minimum atomic E-state index is 0.0344. The van der Waals surface area contributed by atoms with E-state index in [1.165, 1.54) is 0 Å². The first-order valence-electron chi connectivity index (χ1n) is 7.28. The van der Waals surface area contributed by atoms with Crippen LogP contribution in [0.5, 0.6) is 5.75 Å². The Labute approximate surface area is 129 Å². The number of nitrogens with one attached hydrogen (secondary N) is 2. The standard InChI is InChI=1S/C15H21N3O2S/c1-3-10-20-12-7-5-6-11-14(12)17-15(21)18(11)9-8-13(19)16-4-2/h5-7H,3-4,8-10H2,1-2H3,(H,16,19)(H,17,21). The van der Waals surface area contributed by atoms with E-state index in [4.69, 9.17) is 17.0 Å². The molecule has 1 heterocycles. The van der Waals surface area contributed by atoms with E-state index in [-0.39, 0.29) is 5.91 Å². The minimum absolute atomic E-state index is 0.0344. The van der Waals surface area contributed by atoms with E-state index in [2.05, 4.69) is 17.2 Å². The molecule has 1 aromatic carbocycles. The molecule has 0 fully saturated rings. The van der Waals surface area contributed by atoms with E-state index in [0.29, 0.717) is 30.9 Å². The Kier molecular flexibility index (Phi) is 5.38. The second-order valence-electron chi connectivity index (χ2n) is 4.78. The van der Waals surface area contributed by atoms with Gasteiger partial charge in [0.2, 0.25) is 5.91 Å². The molecule has 2 rings (SSSR count). The zero-order chi connectivity index (χ0) is 15.2. The average molecular weight is 307 g/mol. The molecular weight excluding hydrogens is 286 g/mol. The van der Waals surface area contributed by atoms with Crippen LogP contribution in [0.4, 0.5) is 0 Å². The lowest BCUT2D eigenvalue weighted by atomic mass is 10.3. The van der Waals surface area contributed by atoms with Gasteiger partial charge in [0, 0.05) is 19.5 Å². The summed E-state index contributed by atoms with van der Waals surface area (Å²) >= 11 is 5.36. The van der Waals surface area contributed by atoms with Gasteiger partial charge in [-0.05, 0) is 37.7 Å². The predicted molar refractivity (Wildman–Crippen MR) is 86.2 cm³/mol. The fourth-order valence-electron chi connectivity index (χ4n) is 2.21. The third-order valence-corrected chi connectivity index (χ3v) is 3.49. The number of para-hydroxylation sites is 1. The molecule has 1 amide bonds. The van der Waals surface area contributed by atoms with Crippen LogP contribution >= 0.6 is 12.2 Å². The number of nitrogens with zero attached hydrogens (tertiary/aromatic N) is 1. The number of fused-ring (bicyclic) bond motifs is 1. The molecule has 0 unspecified atom stereocenters. The first kappa shape index (κ1) is 15.6. The van der Waals surface area contributed by atoms with Gasteiger partial charge in [-0.15, -0.1) is 0 Å². The van der Waals surface area contributed by atoms with E-state index in [1.807, 2.05) is 29.7 Å². The van der Waals surface area contributed by atoms with Gasteiger partial charge in [-0.2, -0.15) is 0 Å². The number of carbonyl (C=O) groups is 1. The number of hydrogen-bond donors (Lipinski definition) is 2. The van der Waals surface area contributed by atoms with Gasteiger partial charge in [0.25, 0.3) is 0 Å². The Hall–Kier alpha value is -1.82. The summed E-state index contributed by atoms with van der Waals surface area (Å²) in [6.07, 6.45) is 1.37. The number of ether oxygens (including phenoxy) is 1. The van der Waals surface area contributed by atoms with Gasteiger partial charge >= 0.3 is 0 Å². The minimum Gasteiger partial charge on any atom is -0.491 e. The van der Waals surface area contributed by atoms with Gasteiger partial charge in [0.15, 0.2) is 4.77 Å². The third-order valence-electron chi connectivity index (χ3n) is 3.17. The van der Waals surface area contributed by atoms with Crippen molar-refractivity contribution in [1.29, 1.82) is 0 Å². The summed E-state index contributed by atoms with van der Waals surface area (Å²) in [4.78, 5) is 14.8. The Morgan fingerprint density at radius 2 is 2.24 bits per heavy atom. The zero-order valence-corrected chi connectivity index (χ0v) is 13.3. The maximum atomic E-state index is 11.6. The lowest BCUT2D eigenvalue weighted by Gasteiger charge is -2.07. The molecule has 2 N–H and O–H groups in total. The molecule has 21 heavy (non-hydrogen) atoms. The SMILES string of the molecule is CCCOc1cccc2c1[nH]c(=S)n2CCC(=O)NCC. The molecule has 0 bridgehead atoms. The molecule has 0 aliphatic heterocycles. The predicted octanol–water partition coefficient (Wildman–Crippen LogP) is 3.01. The lowest BCUT2D eigenvalue weighted by molar-refractivity contribution is -0.121. The number of hydrogen-bond acceptors (Lipinski definition) is 3. The summed E-state index contributed by atoms with van der Waals surface area (Å²) in [7, 11) is 0. The first-order valence-corrected chi connectivity index (χ1v) is 7.69. The highest BCUT2D eigenvalue weighted by molar-refractivity contribution is 7.71. The van der Waals surface area contributed by atoms with Crippen molar-refractivity contribution in [2.45, 2.75) is 33.2 Å². The van der Waals surface area contributed by atoms with Crippen molar-refractivity contribution in [3.8, 4) is 5.75 Å². The van der Waals surface area contributed by atoms with Crippen molar-refractivity contribution in [3.05, 3.63) is 23.0 Å². The molecule has 2 aromatic rings. The maximum absolute atomic E-state index is 11.6. The van der Waals surface area contributed by atoms with Crippen molar-refractivity contribution in [3.63, 3.8) is 0 Å². The number of aryl methyl sites for hydroxylation is 1. The second kappa shape index (κ2) is 7.26. The van der Waals surface area contributed by atoms with Crippen LogP contribution in [0.2, 0.25) is 0 Å². The molecule has 0 aliphatic rings. The Bertz CT molecular complexity index is 675. The van der Waals surface area contributed by atoms with E-state index >= 15 is 0 Å². The zero-order valence-electron chi connectivity index (χ0n) is 12.4. The number of imidazole rings is 1. The van der Waals surface area contributed by atoms with Crippen molar-refractivity contribution in [2.75, 3.05) is 13.2 Å². The summed E-state index contributed by atoms with van der Waals surface area (Å²) in [5.41, 5.74) is 1.87. The molecule has 0 saturated carbocycles. The van der Waals surface area contributed by atoms with Crippen LogP contribution in [0.3, 0.4) is 0 Å². The van der Waals surface area contributed by atoms with E-state index in [9.17, 15) is 4.79 Å². The van der Waals surface area contributed by atoms with Gasteiger partial charge in [0.05, 0.1) is 12.1 Å². The quantitative estimate of drug-likeness (QED) is 0.773. The summed E-state index contributed by atoms with van der Waals surface area (Å²) in [6, 6.07) is 5.86. The number of aromatic amines is 1. The van der Waals surface area contributed by atoms with Crippen LogP contribution in [0, 0.1) is 4.77 Å². The molecular formula is C15H21N3O2S. The van der Waals surface area contributed by atoms with E-state index in [1.54, 1.807) is 0 Å². The highest BCUT2D eigenvalue weighted by Crippen LogP contribution is 2.25. The van der Waals surface area contributed by atoms with Crippen molar-refractivity contribution >= 4 is 29.2 Å². The van der Waals surface area contributed by atoms with Crippen LogP contribution in [0.1, 0.15) is 26.7 Å². The monoisotopic (exact) mass is 307 g/mol. The first-order chi connectivity index (χ1) is 10.2. The number of H-pyrrole nitrogens is 1. The van der Waals surface area contributed by atoms with Crippen molar-refractivity contribution in [2.24, 2.45) is 0 Å². The largest absolute Gasteiger partial charge is 0.491 e. The molecule has 1 aromatic heterocycles. The van der Waals surface area contributed by atoms with Crippen LogP contribution in [0.15, 0.2) is 18.2 Å². The molecule has 0 atom stereocenters. The van der Waals surface area contributed by atoms with Crippen LogP contribution < -0.4 is 10.1 Å². The Morgan fingerprint density at radius 1 is 1.43 bits per heavy atom. The fourth-order valence-corrected chi connectivity index (χ4v) is 2.50. The Morgan fingerprint density at radius 3 is 2.95 bits per heavy atom. The van der Waals surface area contributed by atoms with Gasteiger partial charge in [-0.1, -0.05) is 13.0 Å². The van der Waals surface area contributed by atoms with Crippen molar-refractivity contribution in [1.82, 2.24) is 14.9 Å². The smallest absolute Gasteiger partial charge is 0.221 e. The van der Waals surface area contributed by atoms with Gasteiger partial charge in [-0.25, -0.2) is 0 Å². The lowest BCUT2D eigenvalue weighted by Crippen LogP contribution is -2.23. The molecule has 0 radical (unpaired) electrons. The van der Waals surface area contributed by atoms with Gasteiger partial charge < -0.3 is 19.6 Å². The summed E-state index contributed by atoms with van der Waals surface area (Å²) in [6.45, 7) is 5.85. The highest BCUT2D eigenvalue weighted by Gasteiger charge is 2.10. The number of rotatable bonds is 7. The van der Waals surface area contributed by atoms with Crippen molar-refractivity contribution < 1.29 is 9.53 Å². The summed E-state index contributed by atoms with van der Waals surface area (Å²) < 4.78 is 8.29. The number of carbonyl (C=O) groups excluding carboxylic acids is 1.